The van der Waals surface area contributed by atoms with Gasteiger partial charge in [0.1, 0.15) is 0 Å². The van der Waals surface area contributed by atoms with Crippen molar-refractivity contribution in [2.24, 2.45) is 0 Å². The summed E-state index contributed by atoms with van der Waals surface area (Å²) in [7, 11) is 0. The van der Waals surface area contributed by atoms with Gasteiger partial charge in [0.15, 0.2) is 0 Å². The lowest BCUT2D eigenvalue weighted by Gasteiger charge is -2.22. The molecule has 0 aliphatic rings. The molecule has 110 valence electrons. The highest BCUT2D eigenvalue weighted by atomic mass is 16.5. The van der Waals surface area contributed by atoms with E-state index in [-0.39, 0.29) is 24.9 Å². The summed E-state index contributed by atoms with van der Waals surface area (Å²) in [6, 6.07) is 8.90. The van der Waals surface area contributed by atoms with Gasteiger partial charge in [0, 0.05) is 25.3 Å². The summed E-state index contributed by atoms with van der Waals surface area (Å²) >= 11 is 0. The molecule has 0 atom stereocenters. The topological polar surface area (TPSA) is 66.8 Å². The number of carbonyl (C=O) groups excluding carboxylic acids is 2. The Balaban J connectivity index is 2.63. The Morgan fingerprint density at radius 2 is 1.90 bits per heavy atom. The number of nitrogens with zero attached hydrogens (tertiary/aromatic N) is 1. The van der Waals surface area contributed by atoms with Gasteiger partial charge in [-0.3, -0.25) is 9.59 Å². The number of carbonyl (C=O) groups is 2. The predicted molar refractivity (Wildman–Crippen MR) is 75.3 cm³/mol. The van der Waals surface area contributed by atoms with Gasteiger partial charge in [0.2, 0.25) is 0 Å². The van der Waals surface area contributed by atoms with Crippen LogP contribution in [-0.4, -0.2) is 48.2 Å². The molecule has 0 aromatic heterocycles. The molecule has 0 radical (unpaired) electrons. The van der Waals surface area contributed by atoms with Crippen molar-refractivity contribution in [2.45, 2.75) is 19.8 Å². The zero-order chi connectivity index (χ0) is 14.8. The molecule has 20 heavy (non-hydrogen) atoms. The van der Waals surface area contributed by atoms with Crippen molar-refractivity contribution in [1.29, 1.82) is 0 Å². The van der Waals surface area contributed by atoms with Crippen LogP contribution in [-0.2, 0) is 9.53 Å². The van der Waals surface area contributed by atoms with Crippen LogP contribution in [0.3, 0.4) is 0 Å². The number of aliphatic hydroxyl groups excluding tert-OH is 1. The van der Waals surface area contributed by atoms with Crippen molar-refractivity contribution >= 4 is 11.9 Å². The van der Waals surface area contributed by atoms with Crippen LogP contribution in [0.4, 0.5) is 0 Å². The van der Waals surface area contributed by atoms with E-state index < -0.39 is 0 Å². The van der Waals surface area contributed by atoms with Crippen LogP contribution in [0.2, 0.25) is 0 Å². The number of ether oxygens (including phenoxy) is 1. The molecule has 1 rings (SSSR count). The summed E-state index contributed by atoms with van der Waals surface area (Å²) < 4.78 is 4.86. The van der Waals surface area contributed by atoms with E-state index >= 15 is 0 Å². The Bertz CT molecular complexity index is 419. The summed E-state index contributed by atoms with van der Waals surface area (Å²) in [5.41, 5.74) is 0.578. The first-order valence-corrected chi connectivity index (χ1v) is 6.79. The fourth-order valence-corrected chi connectivity index (χ4v) is 1.80. The molecule has 0 saturated heterocycles. The molecule has 1 aromatic carbocycles. The minimum Gasteiger partial charge on any atom is -0.466 e. The number of benzene rings is 1. The van der Waals surface area contributed by atoms with E-state index in [2.05, 4.69) is 0 Å². The van der Waals surface area contributed by atoms with Gasteiger partial charge in [-0.2, -0.15) is 0 Å². The molecule has 1 aromatic rings. The first-order valence-electron chi connectivity index (χ1n) is 6.79. The minimum atomic E-state index is -0.317. The zero-order valence-electron chi connectivity index (χ0n) is 11.7. The molecule has 1 amide bonds. The van der Waals surface area contributed by atoms with E-state index in [1.807, 2.05) is 6.07 Å². The van der Waals surface area contributed by atoms with E-state index in [1.165, 1.54) is 0 Å². The van der Waals surface area contributed by atoms with Crippen LogP contribution in [0.1, 0.15) is 30.1 Å². The zero-order valence-corrected chi connectivity index (χ0v) is 11.7. The Kier molecular flexibility index (Phi) is 7.35. The molecule has 5 heteroatoms. The third kappa shape index (κ3) is 5.40. The highest BCUT2D eigenvalue weighted by Gasteiger charge is 2.16. The second-order valence-electron chi connectivity index (χ2n) is 4.29. The van der Waals surface area contributed by atoms with Crippen LogP contribution in [0.5, 0.6) is 0 Å². The smallest absolute Gasteiger partial charge is 0.307 e. The van der Waals surface area contributed by atoms with E-state index in [9.17, 15) is 9.59 Å². The lowest BCUT2D eigenvalue weighted by Crippen LogP contribution is -2.34. The van der Waals surface area contributed by atoms with Crippen LogP contribution in [0.25, 0.3) is 0 Å². The lowest BCUT2D eigenvalue weighted by molar-refractivity contribution is -0.143. The summed E-state index contributed by atoms with van der Waals surface area (Å²) in [4.78, 5) is 25.3. The highest BCUT2D eigenvalue weighted by Crippen LogP contribution is 2.06. The number of amides is 1. The fraction of sp³-hybridized carbons (Fsp3) is 0.467. The molecular weight excluding hydrogens is 258 g/mol. The number of aliphatic hydroxyl groups is 1. The van der Waals surface area contributed by atoms with Crippen molar-refractivity contribution in [3.63, 3.8) is 0 Å². The molecular formula is C15H21NO4. The Hall–Kier alpha value is -1.88. The van der Waals surface area contributed by atoms with Crippen molar-refractivity contribution in [3.05, 3.63) is 35.9 Å². The average Bonchev–Trinajstić information content (AvgIpc) is 2.48. The summed E-state index contributed by atoms with van der Waals surface area (Å²) in [5.74, 6) is -0.453. The minimum absolute atomic E-state index is 0.0119. The SMILES string of the molecule is CCOC(=O)CCN(CCCO)C(=O)c1ccccc1. The summed E-state index contributed by atoms with van der Waals surface area (Å²) in [6.45, 7) is 2.81. The number of esters is 1. The maximum absolute atomic E-state index is 12.3. The third-order valence-corrected chi connectivity index (χ3v) is 2.79. The Morgan fingerprint density at radius 3 is 2.50 bits per heavy atom. The number of hydrogen-bond donors (Lipinski definition) is 1. The van der Waals surface area contributed by atoms with E-state index in [0.29, 0.717) is 31.7 Å². The van der Waals surface area contributed by atoms with E-state index in [1.54, 1.807) is 36.1 Å². The maximum Gasteiger partial charge on any atom is 0.307 e. The summed E-state index contributed by atoms with van der Waals surface area (Å²) in [6.07, 6.45) is 0.652. The Labute approximate surface area is 119 Å². The molecule has 0 unspecified atom stereocenters. The molecule has 0 saturated carbocycles. The van der Waals surface area contributed by atoms with Gasteiger partial charge < -0.3 is 14.7 Å². The normalized spacial score (nSPS) is 10.1. The van der Waals surface area contributed by atoms with Crippen molar-refractivity contribution in [3.8, 4) is 0 Å². The molecule has 0 fully saturated rings. The monoisotopic (exact) mass is 279 g/mol. The maximum atomic E-state index is 12.3. The summed E-state index contributed by atoms with van der Waals surface area (Å²) in [5, 5.41) is 8.90. The van der Waals surface area contributed by atoms with Crippen LogP contribution in [0.15, 0.2) is 30.3 Å². The average molecular weight is 279 g/mol. The first-order chi connectivity index (χ1) is 9.69. The molecule has 0 bridgehead atoms. The second kappa shape index (κ2) is 9.09. The van der Waals surface area contributed by atoms with E-state index in [0.717, 1.165) is 0 Å². The first kappa shape index (κ1) is 16.2. The number of rotatable bonds is 8. The second-order valence-corrected chi connectivity index (χ2v) is 4.29. The Morgan fingerprint density at radius 1 is 1.20 bits per heavy atom. The van der Waals surface area contributed by atoms with Crippen molar-refractivity contribution in [2.75, 3.05) is 26.3 Å². The van der Waals surface area contributed by atoms with Gasteiger partial charge >= 0.3 is 5.97 Å². The molecule has 0 aliphatic carbocycles. The van der Waals surface area contributed by atoms with Gasteiger partial charge in [0.05, 0.1) is 13.0 Å². The largest absolute Gasteiger partial charge is 0.466 e. The van der Waals surface area contributed by atoms with Crippen LogP contribution >= 0.6 is 0 Å². The standard InChI is InChI=1S/C15H21NO4/c1-2-20-14(18)9-11-16(10-6-12-17)15(19)13-7-4-3-5-8-13/h3-5,7-8,17H,2,6,9-12H2,1H3. The quantitative estimate of drug-likeness (QED) is 0.732. The van der Waals surface area contributed by atoms with Crippen molar-refractivity contribution < 1.29 is 19.4 Å². The third-order valence-electron chi connectivity index (χ3n) is 2.79. The molecule has 1 N–H and O–H groups in total. The lowest BCUT2D eigenvalue weighted by atomic mass is 10.2. The molecule has 5 nitrogen and oxygen atoms in total. The van der Waals surface area contributed by atoms with E-state index in [4.69, 9.17) is 9.84 Å². The van der Waals surface area contributed by atoms with Gasteiger partial charge in [-0.25, -0.2) is 0 Å². The molecule has 0 heterocycles. The molecule has 0 spiro atoms. The highest BCUT2D eigenvalue weighted by molar-refractivity contribution is 5.94. The van der Waals surface area contributed by atoms with Crippen LogP contribution in [0, 0.1) is 0 Å². The van der Waals surface area contributed by atoms with Gasteiger partial charge in [0.25, 0.3) is 5.91 Å². The fourth-order valence-electron chi connectivity index (χ4n) is 1.80. The van der Waals surface area contributed by atoms with Gasteiger partial charge in [-0.1, -0.05) is 18.2 Å². The van der Waals surface area contributed by atoms with Crippen LogP contribution < -0.4 is 0 Å². The van der Waals surface area contributed by atoms with Crippen molar-refractivity contribution in [1.82, 2.24) is 4.90 Å². The number of hydrogen-bond acceptors (Lipinski definition) is 4. The molecule has 0 aliphatic heterocycles. The van der Waals surface area contributed by atoms with Gasteiger partial charge in [-0.15, -0.1) is 0 Å². The predicted octanol–water partition coefficient (Wildman–Crippen LogP) is 1.46. The van der Waals surface area contributed by atoms with Gasteiger partial charge in [-0.05, 0) is 25.5 Å².